The summed E-state index contributed by atoms with van der Waals surface area (Å²) in [7, 11) is 0. The lowest BCUT2D eigenvalue weighted by Gasteiger charge is -2.16. The summed E-state index contributed by atoms with van der Waals surface area (Å²) in [6.07, 6.45) is 0.794. The van der Waals surface area contributed by atoms with Crippen molar-refractivity contribution in [2.24, 2.45) is 0 Å². The minimum atomic E-state index is -1.20. The zero-order valence-electron chi connectivity index (χ0n) is 12.1. The van der Waals surface area contributed by atoms with E-state index in [0.29, 0.717) is 5.56 Å². The second kappa shape index (κ2) is 5.30. The highest BCUT2D eigenvalue weighted by Crippen LogP contribution is 2.47. The number of carboxylic acid groups (broad SMARTS) is 2. The summed E-state index contributed by atoms with van der Waals surface area (Å²) in [5.74, 6) is -2.24. The molecule has 2 unspecified atom stereocenters. The second-order valence-electron chi connectivity index (χ2n) is 5.70. The molecule has 0 saturated carbocycles. The van der Waals surface area contributed by atoms with Crippen LogP contribution in [0.5, 0.6) is 0 Å². The van der Waals surface area contributed by atoms with Crippen molar-refractivity contribution < 1.29 is 19.8 Å². The van der Waals surface area contributed by atoms with Gasteiger partial charge in [-0.3, -0.25) is 0 Å². The van der Waals surface area contributed by atoms with E-state index in [1.165, 1.54) is 6.07 Å². The van der Waals surface area contributed by atoms with E-state index in [-0.39, 0.29) is 23.0 Å². The lowest BCUT2D eigenvalue weighted by molar-refractivity contribution is 0.0650. The average Bonchev–Trinajstić information content (AvgIpc) is 2.84. The standard InChI is InChI=1S/C18H16O4/c1-10-9-14(11-5-3-2-4-6-11)15-12(10)7-8-13(17(19)20)16(15)18(21)22/h2-8,10,14H,9H2,1H3,(H,19,20)(H,21,22). The van der Waals surface area contributed by atoms with Crippen molar-refractivity contribution in [1.29, 1.82) is 0 Å². The van der Waals surface area contributed by atoms with Gasteiger partial charge in [0.1, 0.15) is 0 Å². The van der Waals surface area contributed by atoms with E-state index in [0.717, 1.165) is 17.5 Å². The summed E-state index contributed by atoms with van der Waals surface area (Å²) >= 11 is 0. The molecule has 22 heavy (non-hydrogen) atoms. The van der Waals surface area contributed by atoms with Crippen LogP contribution >= 0.6 is 0 Å². The number of rotatable bonds is 3. The molecular weight excluding hydrogens is 280 g/mol. The molecule has 2 aromatic carbocycles. The van der Waals surface area contributed by atoms with Crippen LogP contribution in [0.4, 0.5) is 0 Å². The predicted molar refractivity (Wildman–Crippen MR) is 81.7 cm³/mol. The third kappa shape index (κ3) is 2.17. The van der Waals surface area contributed by atoms with Gasteiger partial charge in [-0.1, -0.05) is 43.3 Å². The van der Waals surface area contributed by atoms with Crippen molar-refractivity contribution in [3.63, 3.8) is 0 Å². The molecule has 0 fully saturated rings. The summed E-state index contributed by atoms with van der Waals surface area (Å²) in [5, 5.41) is 18.9. The maximum Gasteiger partial charge on any atom is 0.336 e. The molecule has 0 bridgehead atoms. The highest BCUT2D eigenvalue weighted by Gasteiger charge is 2.35. The van der Waals surface area contributed by atoms with E-state index in [4.69, 9.17) is 0 Å². The molecule has 2 aromatic rings. The molecule has 112 valence electrons. The maximum absolute atomic E-state index is 11.7. The first-order chi connectivity index (χ1) is 10.5. The number of fused-ring (bicyclic) bond motifs is 1. The monoisotopic (exact) mass is 296 g/mol. The van der Waals surface area contributed by atoms with E-state index >= 15 is 0 Å². The molecule has 1 aliphatic rings. The Labute approximate surface area is 128 Å². The van der Waals surface area contributed by atoms with Gasteiger partial charge in [-0.15, -0.1) is 0 Å². The van der Waals surface area contributed by atoms with Gasteiger partial charge in [0.2, 0.25) is 0 Å². The fourth-order valence-electron chi connectivity index (χ4n) is 3.44. The minimum absolute atomic E-state index is 0.0665. The highest BCUT2D eigenvalue weighted by molar-refractivity contribution is 6.03. The molecule has 0 amide bonds. The molecule has 2 atom stereocenters. The fourth-order valence-corrected chi connectivity index (χ4v) is 3.44. The number of benzene rings is 2. The first-order valence-electron chi connectivity index (χ1n) is 7.19. The quantitative estimate of drug-likeness (QED) is 0.905. The van der Waals surface area contributed by atoms with Crippen LogP contribution in [-0.4, -0.2) is 22.2 Å². The summed E-state index contributed by atoms with van der Waals surface area (Å²) in [5.41, 5.74) is 2.42. The first-order valence-corrected chi connectivity index (χ1v) is 7.19. The van der Waals surface area contributed by atoms with Crippen molar-refractivity contribution in [2.45, 2.75) is 25.2 Å². The highest BCUT2D eigenvalue weighted by atomic mass is 16.4. The maximum atomic E-state index is 11.7. The van der Waals surface area contributed by atoms with Gasteiger partial charge in [0.15, 0.2) is 0 Å². The third-order valence-corrected chi connectivity index (χ3v) is 4.39. The van der Waals surface area contributed by atoms with E-state index in [9.17, 15) is 19.8 Å². The number of hydrogen-bond acceptors (Lipinski definition) is 2. The van der Waals surface area contributed by atoms with Gasteiger partial charge >= 0.3 is 11.9 Å². The van der Waals surface area contributed by atoms with Crippen LogP contribution < -0.4 is 0 Å². The Morgan fingerprint density at radius 2 is 1.68 bits per heavy atom. The SMILES string of the molecule is CC1CC(c2ccccc2)c2c1ccc(C(=O)O)c2C(=O)O. The summed E-state index contributed by atoms with van der Waals surface area (Å²) < 4.78 is 0. The van der Waals surface area contributed by atoms with E-state index in [1.54, 1.807) is 6.07 Å². The molecule has 0 aromatic heterocycles. The summed E-state index contributed by atoms with van der Waals surface area (Å²) in [6.45, 7) is 2.05. The van der Waals surface area contributed by atoms with E-state index < -0.39 is 11.9 Å². The number of aromatic carboxylic acids is 2. The largest absolute Gasteiger partial charge is 0.478 e. The molecule has 0 radical (unpaired) electrons. The van der Waals surface area contributed by atoms with Crippen LogP contribution in [0.2, 0.25) is 0 Å². The number of carbonyl (C=O) groups is 2. The molecule has 0 saturated heterocycles. The van der Waals surface area contributed by atoms with Crippen molar-refractivity contribution >= 4 is 11.9 Å². The lowest BCUT2D eigenvalue weighted by atomic mass is 9.87. The van der Waals surface area contributed by atoms with E-state index in [1.807, 2.05) is 37.3 Å². The molecule has 3 rings (SSSR count). The predicted octanol–water partition coefficient (Wildman–Crippen LogP) is 3.72. The number of hydrogen-bond donors (Lipinski definition) is 2. The van der Waals surface area contributed by atoms with Crippen LogP contribution in [0.1, 0.15) is 62.6 Å². The second-order valence-corrected chi connectivity index (χ2v) is 5.70. The topological polar surface area (TPSA) is 74.6 Å². The van der Waals surface area contributed by atoms with Crippen molar-refractivity contribution in [2.75, 3.05) is 0 Å². The normalized spacial score (nSPS) is 19.7. The Morgan fingerprint density at radius 3 is 2.27 bits per heavy atom. The van der Waals surface area contributed by atoms with Crippen LogP contribution in [0, 0.1) is 0 Å². The van der Waals surface area contributed by atoms with Crippen LogP contribution in [0.3, 0.4) is 0 Å². The number of carboxylic acids is 2. The third-order valence-electron chi connectivity index (χ3n) is 4.39. The van der Waals surface area contributed by atoms with Crippen molar-refractivity contribution in [1.82, 2.24) is 0 Å². The first kappa shape index (κ1) is 14.3. The Hall–Kier alpha value is -2.62. The van der Waals surface area contributed by atoms with Crippen LogP contribution in [0.15, 0.2) is 42.5 Å². The van der Waals surface area contributed by atoms with Gasteiger partial charge in [-0.05, 0) is 35.1 Å². The Morgan fingerprint density at radius 1 is 1.00 bits per heavy atom. The van der Waals surface area contributed by atoms with Gasteiger partial charge in [0, 0.05) is 5.92 Å². The molecule has 0 heterocycles. The molecular formula is C18H16O4. The van der Waals surface area contributed by atoms with Gasteiger partial charge < -0.3 is 10.2 Å². The Bertz CT molecular complexity index is 749. The average molecular weight is 296 g/mol. The van der Waals surface area contributed by atoms with E-state index in [2.05, 4.69) is 0 Å². The summed E-state index contributed by atoms with van der Waals surface area (Å²) in [6, 6.07) is 12.8. The van der Waals surface area contributed by atoms with Gasteiger partial charge in [-0.25, -0.2) is 9.59 Å². The molecule has 2 N–H and O–H groups in total. The zero-order valence-corrected chi connectivity index (χ0v) is 12.1. The molecule has 1 aliphatic carbocycles. The van der Waals surface area contributed by atoms with Gasteiger partial charge in [-0.2, -0.15) is 0 Å². The Balaban J connectivity index is 2.27. The zero-order chi connectivity index (χ0) is 15.9. The Kier molecular flexibility index (Phi) is 3.45. The van der Waals surface area contributed by atoms with Gasteiger partial charge in [0.05, 0.1) is 11.1 Å². The van der Waals surface area contributed by atoms with Gasteiger partial charge in [0.25, 0.3) is 0 Å². The van der Waals surface area contributed by atoms with Crippen LogP contribution in [-0.2, 0) is 0 Å². The van der Waals surface area contributed by atoms with Crippen molar-refractivity contribution in [3.8, 4) is 0 Å². The molecule has 4 heteroatoms. The molecule has 4 nitrogen and oxygen atoms in total. The fraction of sp³-hybridized carbons (Fsp3) is 0.222. The minimum Gasteiger partial charge on any atom is -0.478 e. The lowest BCUT2D eigenvalue weighted by Crippen LogP contribution is -2.13. The molecule has 0 spiro atoms. The van der Waals surface area contributed by atoms with Crippen LogP contribution in [0.25, 0.3) is 0 Å². The van der Waals surface area contributed by atoms with Crippen molar-refractivity contribution in [3.05, 3.63) is 70.3 Å². The molecule has 0 aliphatic heterocycles. The summed E-state index contributed by atoms with van der Waals surface area (Å²) in [4.78, 5) is 23.1. The smallest absolute Gasteiger partial charge is 0.336 e.